The number of aliphatic carboxylic acids is 1. The van der Waals surface area contributed by atoms with Crippen molar-refractivity contribution in [3.05, 3.63) is 53.1 Å². The van der Waals surface area contributed by atoms with Crippen molar-refractivity contribution in [3.63, 3.8) is 0 Å². The van der Waals surface area contributed by atoms with Crippen LogP contribution in [0.25, 0.3) is 0 Å². The highest BCUT2D eigenvalue weighted by Gasteiger charge is 2.44. The van der Waals surface area contributed by atoms with Crippen molar-refractivity contribution in [2.75, 3.05) is 13.1 Å². The lowest BCUT2D eigenvalue weighted by atomic mass is 9.75. The highest BCUT2D eigenvalue weighted by molar-refractivity contribution is 5.95. The molecule has 1 aromatic carbocycles. The van der Waals surface area contributed by atoms with E-state index in [1.807, 2.05) is 13.8 Å². The van der Waals surface area contributed by atoms with Crippen LogP contribution in [-0.2, 0) is 17.8 Å². The second kappa shape index (κ2) is 8.12. The number of nitrogens with zero attached hydrogens (tertiary/aromatic N) is 3. The first kappa shape index (κ1) is 20.0. The number of piperidine rings is 1. The number of aromatic nitrogens is 2. The third-order valence-corrected chi connectivity index (χ3v) is 5.54. The standard InChI is InChI=1S/C21H26FN3O3/c1-3-10-25-15(2)18(13-23-25)19(26)24-11-4-9-21(14-24,20(27)28)12-16-5-7-17(22)8-6-16/h5-8,13H,3-4,9-12,14H2,1-2H3,(H,27,28)/t21-/m1/s1. The number of carbonyl (C=O) groups excluding carboxylic acids is 1. The maximum absolute atomic E-state index is 13.2. The van der Waals surface area contributed by atoms with Gasteiger partial charge in [-0.25, -0.2) is 4.39 Å². The zero-order valence-electron chi connectivity index (χ0n) is 16.3. The van der Waals surface area contributed by atoms with Crippen LogP contribution in [0.3, 0.4) is 0 Å². The van der Waals surface area contributed by atoms with Gasteiger partial charge in [0.15, 0.2) is 0 Å². The average Bonchev–Trinajstić information content (AvgIpc) is 3.04. The van der Waals surface area contributed by atoms with E-state index < -0.39 is 11.4 Å². The molecule has 6 nitrogen and oxygen atoms in total. The molecule has 0 bridgehead atoms. The monoisotopic (exact) mass is 387 g/mol. The van der Waals surface area contributed by atoms with Gasteiger partial charge in [-0.2, -0.15) is 5.10 Å². The first-order chi connectivity index (χ1) is 13.4. The number of amides is 1. The number of carbonyl (C=O) groups is 2. The van der Waals surface area contributed by atoms with E-state index in [9.17, 15) is 19.1 Å². The minimum atomic E-state index is -1.07. The van der Waals surface area contributed by atoms with Gasteiger partial charge >= 0.3 is 5.97 Å². The van der Waals surface area contributed by atoms with Gasteiger partial charge in [-0.05, 0) is 50.3 Å². The van der Waals surface area contributed by atoms with Crippen molar-refractivity contribution in [2.45, 2.75) is 46.1 Å². The third-order valence-electron chi connectivity index (χ3n) is 5.54. The number of carboxylic acid groups (broad SMARTS) is 1. The van der Waals surface area contributed by atoms with Crippen LogP contribution in [0.4, 0.5) is 4.39 Å². The fourth-order valence-electron chi connectivity index (χ4n) is 3.96. The number of hydrogen-bond acceptors (Lipinski definition) is 3. The quantitative estimate of drug-likeness (QED) is 0.825. The lowest BCUT2D eigenvalue weighted by molar-refractivity contribution is -0.151. The van der Waals surface area contributed by atoms with Crippen LogP contribution in [0, 0.1) is 18.2 Å². The Labute approximate surface area is 164 Å². The van der Waals surface area contributed by atoms with E-state index in [4.69, 9.17) is 0 Å². The highest BCUT2D eigenvalue weighted by atomic mass is 19.1. The molecule has 1 N–H and O–H groups in total. The Kier molecular flexibility index (Phi) is 5.82. The van der Waals surface area contributed by atoms with E-state index in [1.165, 1.54) is 12.1 Å². The van der Waals surface area contributed by atoms with Crippen LogP contribution < -0.4 is 0 Å². The Morgan fingerprint density at radius 3 is 2.64 bits per heavy atom. The molecule has 0 aliphatic carbocycles. The summed E-state index contributed by atoms with van der Waals surface area (Å²) >= 11 is 0. The van der Waals surface area contributed by atoms with Crippen molar-refractivity contribution in [1.82, 2.24) is 14.7 Å². The first-order valence-corrected chi connectivity index (χ1v) is 9.66. The van der Waals surface area contributed by atoms with E-state index in [-0.39, 0.29) is 24.7 Å². The van der Waals surface area contributed by atoms with Gasteiger partial charge < -0.3 is 10.0 Å². The normalized spacial score (nSPS) is 19.6. The number of halogens is 1. The molecule has 0 saturated carbocycles. The Bertz CT molecular complexity index is 862. The van der Waals surface area contributed by atoms with Crippen molar-refractivity contribution < 1.29 is 19.1 Å². The van der Waals surface area contributed by atoms with Gasteiger partial charge in [0, 0.05) is 25.3 Å². The molecule has 150 valence electrons. The van der Waals surface area contributed by atoms with Gasteiger partial charge in [0.2, 0.25) is 0 Å². The van der Waals surface area contributed by atoms with Gasteiger partial charge in [-0.1, -0.05) is 19.1 Å². The SMILES string of the molecule is CCCn1ncc(C(=O)N2CCC[C@](Cc3ccc(F)cc3)(C(=O)O)C2)c1C. The summed E-state index contributed by atoms with van der Waals surface area (Å²) in [4.78, 5) is 26.9. The van der Waals surface area contributed by atoms with Crippen molar-refractivity contribution in [1.29, 1.82) is 0 Å². The van der Waals surface area contributed by atoms with Gasteiger partial charge in [0.25, 0.3) is 5.91 Å². The fourth-order valence-corrected chi connectivity index (χ4v) is 3.96. The highest BCUT2D eigenvalue weighted by Crippen LogP contribution is 2.35. The van der Waals surface area contributed by atoms with E-state index >= 15 is 0 Å². The summed E-state index contributed by atoms with van der Waals surface area (Å²) in [6.45, 7) is 5.31. The number of benzene rings is 1. The van der Waals surface area contributed by atoms with Crippen molar-refractivity contribution in [2.24, 2.45) is 5.41 Å². The predicted octanol–water partition coefficient (Wildman–Crippen LogP) is 3.29. The van der Waals surface area contributed by atoms with Gasteiger partial charge in [0.1, 0.15) is 5.82 Å². The number of aryl methyl sites for hydroxylation is 1. The van der Waals surface area contributed by atoms with Gasteiger partial charge in [-0.15, -0.1) is 0 Å². The molecular weight excluding hydrogens is 361 g/mol. The number of hydrogen-bond donors (Lipinski definition) is 1. The summed E-state index contributed by atoms with van der Waals surface area (Å²) in [7, 11) is 0. The van der Waals surface area contributed by atoms with E-state index in [2.05, 4.69) is 5.10 Å². The molecule has 1 aliphatic rings. The summed E-state index contributed by atoms with van der Waals surface area (Å²) in [5, 5.41) is 14.3. The fraction of sp³-hybridized carbons (Fsp3) is 0.476. The van der Waals surface area contributed by atoms with Crippen LogP contribution in [0.2, 0.25) is 0 Å². The van der Waals surface area contributed by atoms with Crippen molar-refractivity contribution in [3.8, 4) is 0 Å². The Hall–Kier alpha value is -2.70. The lowest BCUT2D eigenvalue weighted by Gasteiger charge is -2.40. The molecule has 1 aliphatic heterocycles. The second-order valence-electron chi connectivity index (χ2n) is 7.59. The summed E-state index contributed by atoms with van der Waals surface area (Å²) in [6, 6.07) is 5.89. The molecule has 3 rings (SSSR count). The molecule has 1 amide bonds. The van der Waals surface area contributed by atoms with Crippen LogP contribution >= 0.6 is 0 Å². The van der Waals surface area contributed by atoms with Crippen LogP contribution in [0.5, 0.6) is 0 Å². The topological polar surface area (TPSA) is 75.4 Å². The minimum absolute atomic E-state index is 0.136. The molecule has 7 heteroatoms. The third kappa shape index (κ3) is 3.93. The Morgan fingerprint density at radius 2 is 2.00 bits per heavy atom. The largest absolute Gasteiger partial charge is 0.481 e. The molecule has 1 aromatic heterocycles. The van der Waals surface area contributed by atoms with Crippen LogP contribution in [-0.4, -0.2) is 44.8 Å². The Balaban J connectivity index is 1.83. The number of carboxylic acids is 1. The molecular formula is C21H26FN3O3. The van der Waals surface area contributed by atoms with Crippen LogP contribution in [0.15, 0.2) is 30.5 Å². The van der Waals surface area contributed by atoms with Gasteiger partial charge in [0.05, 0.1) is 17.2 Å². The zero-order chi connectivity index (χ0) is 20.3. The first-order valence-electron chi connectivity index (χ1n) is 9.66. The smallest absolute Gasteiger partial charge is 0.311 e. The number of likely N-dealkylation sites (tertiary alicyclic amines) is 1. The molecule has 1 fully saturated rings. The zero-order valence-corrected chi connectivity index (χ0v) is 16.3. The molecule has 2 aromatic rings. The predicted molar refractivity (Wildman–Crippen MR) is 103 cm³/mol. The Morgan fingerprint density at radius 1 is 1.29 bits per heavy atom. The number of rotatable bonds is 6. The molecule has 1 saturated heterocycles. The molecule has 2 heterocycles. The summed E-state index contributed by atoms with van der Waals surface area (Å²) < 4.78 is 15.0. The molecule has 1 atom stereocenters. The lowest BCUT2D eigenvalue weighted by Crippen LogP contribution is -2.51. The van der Waals surface area contributed by atoms with Gasteiger partial charge in [-0.3, -0.25) is 14.3 Å². The summed E-state index contributed by atoms with van der Waals surface area (Å²) in [6.07, 6.45) is 3.85. The van der Waals surface area contributed by atoms with Crippen molar-refractivity contribution >= 4 is 11.9 Å². The van der Waals surface area contributed by atoms with E-state index in [0.29, 0.717) is 24.9 Å². The average molecular weight is 387 g/mol. The minimum Gasteiger partial charge on any atom is -0.481 e. The summed E-state index contributed by atoms with van der Waals surface area (Å²) in [5.41, 5.74) is 1.01. The maximum atomic E-state index is 13.2. The molecule has 0 spiro atoms. The van der Waals surface area contributed by atoms with E-state index in [0.717, 1.165) is 24.2 Å². The second-order valence-corrected chi connectivity index (χ2v) is 7.59. The molecule has 28 heavy (non-hydrogen) atoms. The molecule has 0 unspecified atom stereocenters. The summed E-state index contributed by atoms with van der Waals surface area (Å²) in [5.74, 6) is -1.45. The maximum Gasteiger partial charge on any atom is 0.311 e. The molecule has 0 radical (unpaired) electrons. The van der Waals surface area contributed by atoms with E-state index in [1.54, 1.807) is 27.9 Å². The van der Waals surface area contributed by atoms with Crippen LogP contribution in [0.1, 0.15) is 47.8 Å².